The number of hydrogen-bond acceptors (Lipinski definition) is 1. The first-order valence-electron chi connectivity index (χ1n) is 5.24. The Bertz CT molecular complexity index is 243. The van der Waals surface area contributed by atoms with Gasteiger partial charge in [0.1, 0.15) is 0 Å². The van der Waals surface area contributed by atoms with Gasteiger partial charge in [-0.25, -0.2) is 0 Å². The second-order valence-corrected chi connectivity index (χ2v) is 3.64. The van der Waals surface area contributed by atoms with Gasteiger partial charge in [0.15, 0.2) is 0 Å². The van der Waals surface area contributed by atoms with E-state index in [1.165, 1.54) is 36.9 Å². The predicted molar refractivity (Wildman–Crippen MR) is 56.8 cm³/mol. The zero-order chi connectivity index (χ0) is 9.52. The lowest BCUT2D eigenvalue weighted by Crippen LogP contribution is -1.90. The summed E-state index contributed by atoms with van der Waals surface area (Å²) in [7, 11) is 0. The largest absolute Gasteiger partial charge is 0.261 e. The molecule has 0 saturated carbocycles. The molecule has 0 fully saturated rings. The van der Waals surface area contributed by atoms with Crippen molar-refractivity contribution in [3.05, 3.63) is 29.6 Å². The van der Waals surface area contributed by atoms with Crippen molar-refractivity contribution < 1.29 is 0 Å². The van der Waals surface area contributed by atoms with E-state index in [-0.39, 0.29) is 0 Å². The van der Waals surface area contributed by atoms with Crippen molar-refractivity contribution in [2.24, 2.45) is 0 Å². The average Bonchev–Trinajstić information content (AvgIpc) is 2.13. The van der Waals surface area contributed by atoms with Crippen molar-refractivity contribution >= 4 is 0 Å². The van der Waals surface area contributed by atoms with Crippen LogP contribution in [0.1, 0.15) is 43.9 Å². The lowest BCUT2D eigenvalue weighted by Gasteiger charge is -2.00. The smallest absolute Gasteiger partial charge is 0.0406 e. The van der Waals surface area contributed by atoms with Gasteiger partial charge in [-0.05, 0) is 37.5 Å². The Morgan fingerprint density at radius 3 is 2.77 bits per heavy atom. The minimum atomic E-state index is 1.14. The van der Waals surface area contributed by atoms with Crippen LogP contribution in [-0.2, 0) is 6.42 Å². The third-order valence-corrected chi connectivity index (χ3v) is 2.26. The van der Waals surface area contributed by atoms with Gasteiger partial charge in [-0.3, -0.25) is 4.98 Å². The van der Waals surface area contributed by atoms with E-state index >= 15 is 0 Å². The maximum atomic E-state index is 4.34. The number of unbranched alkanes of at least 4 members (excludes halogenated alkanes) is 3. The van der Waals surface area contributed by atoms with Crippen LogP contribution in [-0.4, -0.2) is 4.98 Å². The van der Waals surface area contributed by atoms with Gasteiger partial charge in [-0.15, -0.1) is 0 Å². The summed E-state index contributed by atoms with van der Waals surface area (Å²) >= 11 is 0. The minimum absolute atomic E-state index is 1.14. The van der Waals surface area contributed by atoms with Gasteiger partial charge in [-0.2, -0.15) is 0 Å². The quantitative estimate of drug-likeness (QED) is 0.627. The van der Waals surface area contributed by atoms with Crippen LogP contribution >= 0.6 is 0 Å². The molecule has 72 valence electrons. The molecule has 1 rings (SSSR count). The van der Waals surface area contributed by atoms with Crippen molar-refractivity contribution in [3.63, 3.8) is 0 Å². The van der Waals surface area contributed by atoms with Crippen molar-refractivity contribution in [1.29, 1.82) is 0 Å². The Morgan fingerprint density at radius 1 is 1.23 bits per heavy atom. The molecule has 0 aromatic carbocycles. The van der Waals surface area contributed by atoms with Gasteiger partial charge in [0.2, 0.25) is 0 Å². The summed E-state index contributed by atoms with van der Waals surface area (Å²) in [4.78, 5) is 4.34. The van der Waals surface area contributed by atoms with E-state index < -0.39 is 0 Å². The van der Waals surface area contributed by atoms with Crippen LogP contribution in [0, 0.1) is 6.92 Å². The van der Waals surface area contributed by atoms with Crippen LogP contribution in [0.15, 0.2) is 18.3 Å². The Kier molecular flexibility index (Phi) is 4.52. The van der Waals surface area contributed by atoms with Gasteiger partial charge < -0.3 is 0 Å². The summed E-state index contributed by atoms with van der Waals surface area (Å²) < 4.78 is 0. The number of rotatable bonds is 5. The molecular weight excluding hydrogens is 158 g/mol. The van der Waals surface area contributed by atoms with Crippen molar-refractivity contribution in [2.45, 2.75) is 46.0 Å². The molecule has 0 aliphatic heterocycles. The summed E-state index contributed by atoms with van der Waals surface area (Å²) in [5, 5.41) is 0. The highest BCUT2D eigenvalue weighted by atomic mass is 14.7. The van der Waals surface area contributed by atoms with E-state index in [1.54, 1.807) is 0 Å². The molecule has 1 nitrogen and oxygen atoms in total. The normalized spacial score (nSPS) is 10.3. The molecular formula is C12H19N. The lowest BCUT2D eigenvalue weighted by atomic mass is 10.1. The molecule has 0 atom stereocenters. The Hall–Kier alpha value is -0.850. The minimum Gasteiger partial charge on any atom is -0.261 e. The molecule has 0 aliphatic rings. The molecule has 1 heterocycles. The fraction of sp³-hybridized carbons (Fsp3) is 0.583. The summed E-state index contributed by atoms with van der Waals surface area (Å²) in [5.41, 5.74) is 2.57. The third-order valence-electron chi connectivity index (χ3n) is 2.26. The molecule has 1 heteroatoms. The zero-order valence-corrected chi connectivity index (χ0v) is 8.71. The summed E-state index contributed by atoms with van der Waals surface area (Å²) in [5.74, 6) is 0. The van der Waals surface area contributed by atoms with E-state index in [0.29, 0.717) is 0 Å². The van der Waals surface area contributed by atoms with Crippen molar-refractivity contribution in [3.8, 4) is 0 Å². The highest BCUT2D eigenvalue weighted by Gasteiger charge is 1.94. The zero-order valence-electron chi connectivity index (χ0n) is 8.71. The van der Waals surface area contributed by atoms with Gasteiger partial charge in [-0.1, -0.05) is 26.2 Å². The maximum Gasteiger partial charge on any atom is 0.0406 e. The molecule has 0 unspecified atom stereocenters. The third kappa shape index (κ3) is 4.07. The second kappa shape index (κ2) is 5.74. The van der Waals surface area contributed by atoms with Gasteiger partial charge in [0.25, 0.3) is 0 Å². The summed E-state index contributed by atoms with van der Waals surface area (Å²) in [6, 6.07) is 4.24. The Labute approximate surface area is 81.2 Å². The Balaban J connectivity index is 2.28. The van der Waals surface area contributed by atoms with Crippen LogP contribution in [0.5, 0.6) is 0 Å². The molecule has 0 spiro atoms. The van der Waals surface area contributed by atoms with Crippen LogP contribution in [0.4, 0.5) is 0 Å². The van der Waals surface area contributed by atoms with Gasteiger partial charge in [0.05, 0.1) is 0 Å². The van der Waals surface area contributed by atoms with Crippen LogP contribution < -0.4 is 0 Å². The number of aryl methyl sites for hydroxylation is 2. The molecule has 1 aromatic rings. The molecule has 0 aliphatic carbocycles. The summed E-state index contributed by atoms with van der Waals surface area (Å²) in [6.45, 7) is 4.36. The standard InChI is InChI=1S/C12H19N/c1-3-4-5-6-7-12-10-11(2)8-9-13-12/h8-10H,3-7H2,1-2H3. The topological polar surface area (TPSA) is 12.9 Å². The van der Waals surface area contributed by atoms with E-state index in [0.717, 1.165) is 6.42 Å². The molecule has 0 amide bonds. The number of pyridine rings is 1. The molecule has 1 aromatic heterocycles. The number of nitrogens with zero attached hydrogens (tertiary/aromatic N) is 1. The van der Waals surface area contributed by atoms with Crippen LogP contribution in [0.3, 0.4) is 0 Å². The first-order valence-corrected chi connectivity index (χ1v) is 5.24. The molecule has 0 N–H and O–H groups in total. The fourth-order valence-corrected chi connectivity index (χ4v) is 1.47. The van der Waals surface area contributed by atoms with E-state index in [2.05, 4.69) is 31.0 Å². The van der Waals surface area contributed by atoms with Crippen molar-refractivity contribution in [2.75, 3.05) is 0 Å². The predicted octanol–water partition coefficient (Wildman–Crippen LogP) is 3.51. The number of aromatic nitrogens is 1. The van der Waals surface area contributed by atoms with Crippen LogP contribution in [0.25, 0.3) is 0 Å². The molecule has 13 heavy (non-hydrogen) atoms. The monoisotopic (exact) mass is 177 g/mol. The summed E-state index contributed by atoms with van der Waals surface area (Å²) in [6.07, 6.45) is 8.33. The maximum absolute atomic E-state index is 4.34. The highest BCUT2D eigenvalue weighted by molar-refractivity contribution is 5.14. The fourth-order valence-electron chi connectivity index (χ4n) is 1.47. The van der Waals surface area contributed by atoms with E-state index in [1.807, 2.05) is 6.20 Å². The number of hydrogen-bond donors (Lipinski definition) is 0. The lowest BCUT2D eigenvalue weighted by molar-refractivity contribution is 0.660. The van der Waals surface area contributed by atoms with Gasteiger partial charge >= 0.3 is 0 Å². The highest BCUT2D eigenvalue weighted by Crippen LogP contribution is 2.06. The molecule has 0 radical (unpaired) electrons. The first kappa shape index (κ1) is 10.2. The first-order chi connectivity index (χ1) is 6.33. The molecule has 0 saturated heterocycles. The van der Waals surface area contributed by atoms with Gasteiger partial charge in [0, 0.05) is 11.9 Å². The van der Waals surface area contributed by atoms with E-state index in [9.17, 15) is 0 Å². The second-order valence-electron chi connectivity index (χ2n) is 3.64. The Morgan fingerprint density at radius 2 is 2.08 bits per heavy atom. The van der Waals surface area contributed by atoms with Crippen molar-refractivity contribution in [1.82, 2.24) is 4.98 Å². The average molecular weight is 177 g/mol. The SMILES string of the molecule is CCCCCCc1cc(C)ccn1. The van der Waals surface area contributed by atoms with Crippen LogP contribution in [0.2, 0.25) is 0 Å². The molecule has 0 bridgehead atoms. The van der Waals surface area contributed by atoms with E-state index in [4.69, 9.17) is 0 Å².